The van der Waals surface area contributed by atoms with Crippen LogP contribution < -0.4 is 10.6 Å². The van der Waals surface area contributed by atoms with E-state index < -0.39 is 12.0 Å². The number of thiophene rings is 1. The highest BCUT2D eigenvalue weighted by Crippen LogP contribution is 2.23. The molecule has 0 aliphatic heterocycles. The Kier molecular flexibility index (Phi) is 6.91. The Hall–Kier alpha value is -2.67. The van der Waals surface area contributed by atoms with Crippen LogP contribution in [0.4, 0.5) is 9.80 Å². The molecule has 0 aliphatic carbocycles. The van der Waals surface area contributed by atoms with Crippen LogP contribution in [0.3, 0.4) is 0 Å². The van der Waals surface area contributed by atoms with Crippen molar-refractivity contribution in [3.63, 3.8) is 0 Å². The van der Waals surface area contributed by atoms with E-state index >= 15 is 0 Å². The molecule has 0 saturated heterocycles. The van der Waals surface area contributed by atoms with Crippen LogP contribution in [0.1, 0.15) is 48.2 Å². The van der Waals surface area contributed by atoms with Crippen molar-refractivity contribution in [3.8, 4) is 0 Å². The first-order valence-corrected chi connectivity index (χ1v) is 9.23. The second-order valence-corrected chi connectivity index (χ2v) is 6.88. The average molecular weight is 374 g/mol. The lowest BCUT2D eigenvalue weighted by Crippen LogP contribution is -2.31. The predicted octanol–water partition coefficient (Wildman–Crippen LogP) is 3.94. The number of anilines is 1. The van der Waals surface area contributed by atoms with Gasteiger partial charge in [-0.25, -0.2) is 4.79 Å². The Labute approximate surface area is 156 Å². The van der Waals surface area contributed by atoms with Gasteiger partial charge in [0.05, 0.1) is 18.6 Å². The molecule has 6 nitrogen and oxygen atoms in total. The molecular formula is C19H22N2O4S. The summed E-state index contributed by atoms with van der Waals surface area (Å²) in [6, 6.07) is 9.43. The van der Waals surface area contributed by atoms with Crippen LogP contribution in [-0.4, -0.2) is 24.5 Å². The summed E-state index contributed by atoms with van der Waals surface area (Å²) in [7, 11) is 0. The van der Waals surface area contributed by atoms with Gasteiger partial charge in [-0.3, -0.25) is 14.9 Å². The maximum absolute atomic E-state index is 12.3. The molecule has 0 bridgehead atoms. The summed E-state index contributed by atoms with van der Waals surface area (Å²) >= 11 is 1.22. The van der Waals surface area contributed by atoms with Gasteiger partial charge in [-0.2, -0.15) is 0 Å². The van der Waals surface area contributed by atoms with E-state index in [4.69, 9.17) is 0 Å². The maximum Gasteiger partial charge on any atom is 0.414 e. The van der Waals surface area contributed by atoms with Crippen molar-refractivity contribution in [3.05, 3.63) is 52.4 Å². The fraction of sp³-hybridized carbons (Fsp3) is 0.316. The van der Waals surface area contributed by atoms with E-state index in [1.54, 1.807) is 18.4 Å². The van der Waals surface area contributed by atoms with Gasteiger partial charge in [0.25, 0.3) is 5.91 Å². The molecule has 3 amide bonds. The van der Waals surface area contributed by atoms with Gasteiger partial charge in [0.1, 0.15) is 5.00 Å². The van der Waals surface area contributed by atoms with E-state index in [9.17, 15) is 14.4 Å². The Balaban J connectivity index is 1.98. The number of hydrogen-bond acceptors (Lipinski definition) is 5. The Morgan fingerprint density at radius 1 is 1.12 bits per heavy atom. The van der Waals surface area contributed by atoms with Crippen LogP contribution in [-0.2, 0) is 16.0 Å². The highest BCUT2D eigenvalue weighted by atomic mass is 32.1. The fourth-order valence-corrected chi connectivity index (χ4v) is 3.09. The zero-order valence-corrected chi connectivity index (χ0v) is 15.8. The molecule has 1 aromatic heterocycles. The van der Waals surface area contributed by atoms with Gasteiger partial charge in [0.15, 0.2) is 0 Å². The number of nitrogens with one attached hydrogen (secondary N) is 2. The fourth-order valence-electron chi connectivity index (χ4n) is 2.29. The number of ether oxygens (including phenoxy) is 1. The van der Waals surface area contributed by atoms with Gasteiger partial charge in [0.2, 0.25) is 5.91 Å². The topological polar surface area (TPSA) is 84.5 Å². The third-order valence-electron chi connectivity index (χ3n) is 3.66. The molecule has 7 heteroatoms. The first-order valence-electron chi connectivity index (χ1n) is 8.35. The number of hydrogen-bond donors (Lipinski definition) is 2. The highest BCUT2D eigenvalue weighted by Gasteiger charge is 2.18. The van der Waals surface area contributed by atoms with E-state index in [2.05, 4.69) is 29.2 Å². The van der Waals surface area contributed by atoms with E-state index in [-0.39, 0.29) is 24.5 Å². The molecule has 2 aromatic rings. The van der Waals surface area contributed by atoms with Gasteiger partial charge in [-0.15, -0.1) is 11.3 Å². The lowest BCUT2D eigenvalue weighted by Gasteiger charge is -2.08. The summed E-state index contributed by atoms with van der Waals surface area (Å²) in [5, 5.41) is 6.92. The van der Waals surface area contributed by atoms with Crippen molar-refractivity contribution in [1.29, 1.82) is 0 Å². The third kappa shape index (κ3) is 5.42. The Morgan fingerprint density at radius 3 is 2.42 bits per heavy atom. The van der Waals surface area contributed by atoms with Crippen LogP contribution in [0.5, 0.6) is 0 Å². The van der Waals surface area contributed by atoms with Crippen molar-refractivity contribution < 1.29 is 19.1 Å². The van der Waals surface area contributed by atoms with E-state index in [1.165, 1.54) is 16.9 Å². The highest BCUT2D eigenvalue weighted by molar-refractivity contribution is 7.14. The van der Waals surface area contributed by atoms with Crippen LogP contribution in [0.25, 0.3) is 0 Å². The molecule has 1 aromatic carbocycles. The van der Waals surface area contributed by atoms with Gasteiger partial charge in [-0.05, 0) is 35.4 Å². The van der Waals surface area contributed by atoms with Crippen molar-refractivity contribution in [2.75, 3.05) is 11.9 Å². The third-order valence-corrected chi connectivity index (χ3v) is 4.49. The largest absolute Gasteiger partial charge is 0.450 e. The first kappa shape index (κ1) is 19.7. The lowest BCUT2D eigenvalue weighted by atomic mass is 10.0. The minimum absolute atomic E-state index is 0.169. The smallest absolute Gasteiger partial charge is 0.414 e. The van der Waals surface area contributed by atoms with Gasteiger partial charge in [-0.1, -0.05) is 38.1 Å². The second kappa shape index (κ2) is 9.15. The van der Waals surface area contributed by atoms with Gasteiger partial charge >= 0.3 is 6.09 Å². The SMILES string of the molecule is CCOC(=O)NC(=O)c1ccsc1NC(=O)Cc1ccc(C(C)C)cc1. The van der Waals surface area contributed by atoms with Crippen LogP contribution >= 0.6 is 11.3 Å². The van der Waals surface area contributed by atoms with Gasteiger partial charge in [0, 0.05) is 0 Å². The number of amides is 3. The minimum atomic E-state index is -0.814. The molecule has 0 radical (unpaired) electrons. The quantitative estimate of drug-likeness (QED) is 0.802. The molecule has 1 heterocycles. The molecule has 26 heavy (non-hydrogen) atoms. The molecule has 0 unspecified atom stereocenters. The van der Waals surface area contributed by atoms with E-state index in [1.807, 2.05) is 24.3 Å². The Morgan fingerprint density at radius 2 is 1.81 bits per heavy atom. The summed E-state index contributed by atoms with van der Waals surface area (Å²) in [5.74, 6) is -0.402. The molecule has 0 saturated carbocycles. The normalized spacial score (nSPS) is 10.5. The molecule has 138 valence electrons. The number of alkyl carbamates (subject to hydrolysis) is 1. The first-order chi connectivity index (χ1) is 12.4. The molecule has 0 atom stereocenters. The summed E-state index contributed by atoms with van der Waals surface area (Å²) in [5.41, 5.74) is 2.33. The Bertz CT molecular complexity index is 781. The van der Waals surface area contributed by atoms with E-state index in [0.717, 1.165) is 5.56 Å². The zero-order chi connectivity index (χ0) is 19.1. The van der Waals surface area contributed by atoms with Crippen LogP contribution in [0, 0.1) is 0 Å². The zero-order valence-electron chi connectivity index (χ0n) is 15.0. The van der Waals surface area contributed by atoms with Crippen molar-refractivity contribution in [1.82, 2.24) is 5.32 Å². The molecule has 0 fully saturated rings. The van der Waals surface area contributed by atoms with Crippen LogP contribution in [0.2, 0.25) is 0 Å². The summed E-state index contributed by atoms with van der Waals surface area (Å²) in [6.45, 7) is 6.04. The number of carbonyl (C=O) groups is 3. The van der Waals surface area contributed by atoms with Gasteiger partial charge < -0.3 is 10.1 Å². The van der Waals surface area contributed by atoms with Crippen LogP contribution in [0.15, 0.2) is 35.7 Å². The maximum atomic E-state index is 12.3. The molecule has 2 rings (SSSR count). The molecule has 2 N–H and O–H groups in total. The summed E-state index contributed by atoms with van der Waals surface area (Å²) in [6.07, 6.45) is -0.610. The minimum Gasteiger partial charge on any atom is -0.450 e. The number of benzene rings is 1. The standard InChI is InChI=1S/C19H22N2O4S/c1-4-25-19(24)21-17(23)15-9-10-26-18(15)20-16(22)11-13-5-7-14(8-6-13)12(2)3/h5-10,12H,4,11H2,1-3H3,(H,20,22)(H,21,23,24). The second-order valence-electron chi connectivity index (χ2n) is 5.96. The number of imide groups is 1. The van der Waals surface area contributed by atoms with Crippen molar-refractivity contribution in [2.45, 2.75) is 33.1 Å². The van der Waals surface area contributed by atoms with Crippen molar-refractivity contribution in [2.24, 2.45) is 0 Å². The van der Waals surface area contributed by atoms with Crippen molar-refractivity contribution >= 4 is 34.2 Å². The monoisotopic (exact) mass is 374 g/mol. The average Bonchev–Trinajstić information content (AvgIpc) is 3.03. The summed E-state index contributed by atoms with van der Waals surface area (Å²) in [4.78, 5) is 35.7. The molecule has 0 spiro atoms. The number of rotatable bonds is 6. The van der Waals surface area contributed by atoms with E-state index in [0.29, 0.717) is 10.9 Å². The molecule has 0 aliphatic rings. The summed E-state index contributed by atoms with van der Waals surface area (Å²) < 4.78 is 4.68. The predicted molar refractivity (Wildman–Crippen MR) is 102 cm³/mol. The molecular weight excluding hydrogens is 352 g/mol. The number of carbonyl (C=O) groups excluding carboxylic acids is 3. The lowest BCUT2D eigenvalue weighted by molar-refractivity contribution is -0.115.